The molecular weight excluding hydrogens is 202 g/mol. The lowest BCUT2D eigenvalue weighted by molar-refractivity contribution is -0.104. The van der Waals surface area contributed by atoms with Gasteiger partial charge in [-0.05, 0) is 40.2 Å². The Hall–Kier alpha value is -0.120. The molecule has 16 heavy (non-hydrogen) atoms. The van der Waals surface area contributed by atoms with Gasteiger partial charge in [0.05, 0.1) is 24.9 Å². The molecule has 3 unspecified atom stereocenters. The van der Waals surface area contributed by atoms with Crippen molar-refractivity contribution in [3.63, 3.8) is 0 Å². The van der Waals surface area contributed by atoms with Gasteiger partial charge in [0.1, 0.15) is 0 Å². The van der Waals surface area contributed by atoms with Crippen LogP contribution in [-0.4, -0.2) is 38.0 Å². The van der Waals surface area contributed by atoms with Crippen LogP contribution >= 0.6 is 0 Å². The van der Waals surface area contributed by atoms with E-state index in [2.05, 4.69) is 26.1 Å². The molecule has 0 spiro atoms. The van der Waals surface area contributed by atoms with Gasteiger partial charge in [0.2, 0.25) is 0 Å². The summed E-state index contributed by atoms with van der Waals surface area (Å²) in [6.07, 6.45) is 5.52. The van der Waals surface area contributed by atoms with Crippen LogP contribution in [0.3, 0.4) is 0 Å². The third kappa shape index (κ3) is 4.81. The fraction of sp³-hybridized carbons (Fsp3) is 1.00. The first-order chi connectivity index (χ1) is 7.65. The Labute approximate surface area is 99.9 Å². The second kappa shape index (κ2) is 7.25. The second-order valence-electron chi connectivity index (χ2n) is 4.96. The smallest absolute Gasteiger partial charge is 0.0625 e. The van der Waals surface area contributed by atoms with Crippen molar-refractivity contribution in [2.45, 2.75) is 70.8 Å². The number of likely N-dealkylation sites (N-methyl/N-ethyl adjacent to an activating group) is 1. The topological polar surface area (TPSA) is 30.5 Å². The fourth-order valence-electron chi connectivity index (χ4n) is 2.39. The van der Waals surface area contributed by atoms with Crippen molar-refractivity contribution in [2.75, 3.05) is 13.7 Å². The van der Waals surface area contributed by atoms with Gasteiger partial charge in [-0.2, -0.15) is 0 Å². The van der Waals surface area contributed by atoms with Gasteiger partial charge in [-0.1, -0.05) is 13.3 Å². The van der Waals surface area contributed by atoms with Gasteiger partial charge >= 0.3 is 0 Å². The zero-order valence-electron chi connectivity index (χ0n) is 11.2. The zero-order valence-corrected chi connectivity index (χ0v) is 11.2. The Morgan fingerprint density at radius 3 is 2.44 bits per heavy atom. The van der Waals surface area contributed by atoms with Crippen LogP contribution in [-0.2, 0) is 9.47 Å². The monoisotopic (exact) mass is 229 g/mol. The average molecular weight is 229 g/mol. The summed E-state index contributed by atoms with van der Waals surface area (Å²) >= 11 is 0. The maximum Gasteiger partial charge on any atom is 0.0625 e. The fourth-order valence-corrected chi connectivity index (χ4v) is 2.39. The number of rotatable bonds is 6. The molecule has 0 aromatic heterocycles. The molecule has 0 bridgehead atoms. The molecular formula is C13H27NO2. The van der Waals surface area contributed by atoms with Crippen molar-refractivity contribution in [1.29, 1.82) is 0 Å². The van der Waals surface area contributed by atoms with E-state index in [1.807, 2.05) is 7.05 Å². The van der Waals surface area contributed by atoms with Crippen LogP contribution in [0.25, 0.3) is 0 Å². The van der Waals surface area contributed by atoms with Gasteiger partial charge in [0, 0.05) is 6.04 Å². The Morgan fingerprint density at radius 2 is 1.94 bits per heavy atom. The summed E-state index contributed by atoms with van der Waals surface area (Å²) in [5.41, 5.74) is 0. The van der Waals surface area contributed by atoms with E-state index in [-0.39, 0.29) is 0 Å². The lowest BCUT2D eigenvalue weighted by atomic mass is 10.0. The summed E-state index contributed by atoms with van der Waals surface area (Å²) in [4.78, 5) is 0. The zero-order chi connectivity index (χ0) is 12.0. The van der Waals surface area contributed by atoms with E-state index in [0.29, 0.717) is 24.4 Å². The van der Waals surface area contributed by atoms with Crippen LogP contribution in [0.1, 0.15) is 46.5 Å². The molecule has 0 aliphatic carbocycles. The minimum Gasteiger partial charge on any atom is -0.376 e. The molecule has 1 N–H and O–H groups in total. The van der Waals surface area contributed by atoms with E-state index in [4.69, 9.17) is 9.47 Å². The van der Waals surface area contributed by atoms with Gasteiger partial charge in [-0.3, -0.25) is 0 Å². The van der Waals surface area contributed by atoms with Gasteiger partial charge in [0.15, 0.2) is 0 Å². The van der Waals surface area contributed by atoms with Crippen molar-refractivity contribution >= 4 is 0 Å². The van der Waals surface area contributed by atoms with Crippen LogP contribution in [0.5, 0.6) is 0 Å². The predicted octanol–water partition coefficient (Wildman–Crippen LogP) is 2.35. The summed E-state index contributed by atoms with van der Waals surface area (Å²) < 4.78 is 11.7. The van der Waals surface area contributed by atoms with Crippen molar-refractivity contribution in [3.05, 3.63) is 0 Å². The van der Waals surface area contributed by atoms with Crippen molar-refractivity contribution in [1.82, 2.24) is 5.32 Å². The standard InChI is InChI=1S/C13H27NO2/c1-5-6-12(14-4)9-15-13-7-10(2)16-11(3)8-13/h10-14H,5-9H2,1-4H3. The van der Waals surface area contributed by atoms with E-state index in [0.717, 1.165) is 19.4 Å². The normalized spacial score (nSPS) is 32.6. The van der Waals surface area contributed by atoms with Crippen LogP contribution in [0.2, 0.25) is 0 Å². The van der Waals surface area contributed by atoms with Gasteiger partial charge in [-0.25, -0.2) is 0 Å². The van der Waals surface area contributed by atoms with Crippen molar-refractivity contribution in [2.24, 2.45) is 0 Å². The Balaban J connectivity index is 2.25. The largest absolute Gasteiger partial charge is 0.376 e. The highest BCUT2D eigenvalue weighted by atomic mass is 16.5. The molecule has 0 amide bonds. The average Bonchev–Trinajstić information content (AvgIpc) is 2.23. The second-order valence-corrected chi connectivity index (χ2v) is 4.96. The van der Waals surface area contributed by atoms with Gasteiger partial charge in [0.25, 0.3) is 0 Å². The third-order valence-electron chi connectivity index (χ3n) is 3.23. The van der Waals surface area contributed by atoms with Crippen LogP contribution in [0.15, 0.2) is 0 Å². The molecule has 1 fully saturated rings. The maximum absolute atomic E-state index is 5.99. The molecule has 3 heteroatoms. The predicted molar refractivity (Wildman–Crippen MR) is 66.7 cm³/mol. The highest BCUT2D eigenvalue weighted by molar-refractivity contribution is 4.74. The molecule has 96 valence electrons. The van der Waals surface area contributed by atoms with Gasteiger partial charge < -0.3 is 14.8 Å². The molecule has 3 atom stereocenters. The number of hydrogen-bond donors (Lipinski definition) is 1. The van der Waals surface area contributed by atoms with E-state index in [1.165, 1.54) is 12.8 Å². The van der Waals surface area contributed by atoms with Gasteiger partial charge in [-0.15, -0.1) is 0 Å². The van der Waals surface area contributed by atoms with E-state index in [1.54, 1.807) is 0 Å². The SMILES string of the molecule is CCCC(COC1CC(C)OC(C)C1)NC. The summed E-state index contributed by atoms with van der Waals surface area (Å²) in [5.74, 6) is 0. The molecule has 1 aliphatic rings. The lowest BCUT2D eigenvalue weighted by Crippen LogP contribution is -2.38. The third-order valence-corrected chi connectivity index (χ3v) is 3.23. The summed E-state index contributed by atoms with van der Waals surface area (Å²) in [5, 5.41) is 3.31. The molecule has 1 aliphatic heterocycles. The van der Waals surface area contributed by atoms with Crippen LogP contribution in [0.4, 0.5) is 0 Å². The Bertz CT molecular complexity index is 177. The number of nitrogens with one attached hydrogen (secondary N) is 1. The summed E-state index contributed by atoms with van der Waals surface area (Å²) in [6, 6.07) is 0.499. The van der Waals surface area contributed by atoms with E-state index >= 15 is 0 Å². The van der Waals surface area contributed by atoms with E-state index in [9.17, 15) is 0 Å². The molecule has 0 aromatic rings. The first-order valence-electron chi connectivity index (χ1n) is 6.60. The molecule has 0 radical (unpaired) electrons. The maximum atomic E-state index is 5.99. The van der Waals surface area contributed by atoms with Crippen molar-refractivity contribution in [3.8, 4) is 0 Å². The molecule has 0 aromatic carbocycles. The lowest BCUT2D eigenvalue weighted by Gasteiger charge is -2.32. The minimum absolute atomic E-state index is 0.341. The van der Waals surface area contributed by atoms with Crippen LogP contribution in [0, 0.1) is 0 Å². The van der Waals surface area contributed by atoms with Crippen molar-refractivity contribution < 1.29 is 9.47 Å². The highest BCUT2D eigenvalue weighted by Gasteiger charge is 2.25. The Morgan fingerprint density at radius 1 is 1.31 bits per heavy atom. The van der Waals surface area contributed by atoms with Crippen LogP contribution < -0.4 is 5.32 Å². The molecule has 3 nitrogen and oxygen atoms in total. The summed E-state index contributed by atoms with van der Waals surface area (Å²) in [6.45, 7) is 7.30. The highest BCUT2D eigenvalue weighted by Crippen LogP contribution is 2.21. The number of ether oxygens (including phenoxy) is 2. The quantitative estimate of drug-likeness (QED) is 0.758. The molecule has 1 heterocycles. The Kier molecular flexibility index (Phi) is 6.32. The van der Waals surface area contributed by atoms with E-state index < -0.39 is 0 Å². The number of hydrogen-bond acceptors (Lipinski definition) is 3. The first-order valence-corrected chi connectivity index (χ1v) is 6.60. The molecule has 0 saturated carbocycles. The minimum atomic E-state index is 0.341. The molecule has 1 rings (SSSR count). The molecule has 1 saturated heterocycles. The first kappa shape index (κ1) is 13.9. The summed E-state index contributed by atoms with van der Waals surface area (Å²) in [7, 11) is 2.01.